The largest absolute Gasteiger partial charge is 0.295 e. The molecule has 0 fully saturated rings. The van der Waals surface area contributed by atoms with Crippen molar-refractivity contribution in [2.75, 3.05) is 0 Å². The molecule has 0 saturated carbocycles. The van der Waals surface area contributed by atoms with Crippen molar-refractivity contribution >= 4 is 17.5 Å². The second kappa shape index (κ2) is 4.69. The van der Waals surface area contributed by atoms with E-state index in [2.05, 4.69) is 24.3 Å². The summed E-state index contributed by atoms with van der Waals surface area (Å²) >= 11 is 1.92. The molecular weight excluding hydrogens is 228 g/mol. The van der Waals surface area contributed by atoms with Crippen LogP contribution in [0, 0.1) is 0 Å². The van der Waals surface area contributed by atoms with Crippen LogP contribution in [0.25, 0.3) is 0 Å². The molecular formula is C15H16OS. The van der Waals surface area contributed by atoms with Gasteiger partial charge in [0.05, 0.1) is 0 Å². The van der Waals surface area contributed by atoms with Gasteiger partial charge in [-0.05, 0) is 36.2 Å². The third-order valence-corrected chi connectivity index (χ3v) is 5.03. The molecule has 3 rings (SSSR count). The SMILES string of the molecule is O=C1CCCCC2=C1CC(c1ccccc1)S2. The first-order valence-electron chi connectivity index (χ1n) is 6.31. The van der Waals surface area contributed by atoms with Gasteiger partial charge < -0.3 is 0 Å². The maximum atomic E-state index is 12.0. The fraction of sp³-hybridized carbons (Fsp3) is 0.400. The van der Waals surface area contributed by atoms with Crippen LogP contribution in [0.4, 0.5) is 0 Å². The van der Waals surface area contributed by atoms with E-state index < -0.39 is 0 Å². The van der Waals surface area contributed by atoms with Crippen LogP contribution in [0.3, 0.4) is 0 Å². The molecule has 0 spiro atoms. The smallest absolute Gasteiger partial charge is 0.159 e. The third kappa shape index (κ3) is 2.19. The highest BCUT2D eigenvalue weighted by Crippen LogP contribution is 2.50. The molecule has 0 aromatic heterocycles. The molecule has 1 aliphatic heterocycles. The third-order valence-electron chi connectivity index (χ3n) is 3.58. The zero-order valence-electron chi connectivity index (χ0n) is 9.82. The fourth-order valence-electron chi connectivity index (χ4n) is 2.64. The summed E-state index contributed by atoms with van der Waals surface area (Å²) in [6.45, 7) is 0. The summed E-state index contributed by atoms with van der Waals surface area (Å²) in [5.41, 5.74) is 2.50. The van der Waals surface area contributed by atoms with Gasteiger partial charge in [0.1, 0.15) is 0 Å². The first-order valence-corrected chi connectivity index (χ1v) is 7.19. The molecule has 1 aromatic rings. The van der Waals surface area contributed by atoms with Crippen LogP contribution < -0.4 is 0 Å². The molecule has 17 heavy (non-hydrogen) atoms. The fourth-order valence-corrected chi connectivity index (χ4v) is 4.13. The minimum Gasteiger partial charge on any atom is -0.295 e. The number of carbonyl (C=O) groups excluding carboxylic acids is 1. The van der Waals surface area contributed by atoms with Crippen LogP contribution in [-0.4, -0.2) is 5.78 Å². The van der Waals surface area contributed by atoms with Crippen molar-refractivity contribution in [3.05, 3.63) is 46.4 Å². The van der Waals surface area contributed by atoms with E-state index in [0.29, 0.717) is 11.0 Å². The Kier molecular flexibility index (Phi) is 3.06. The van der Waals surface area contributed by atoms with Crippen LogP contribution in [0.15, 0.2) is 40.8 Å². The minimum absolute atomic E-state index is 0.406. The van der Waals surface area contributed by atoms with Crippen molar-refractivity contribution in [2.45, 2.75) is 37.4 Å². The number of allylic oxidation sites excluding steroid dienone is 2. The van der Waals surface area contributed by atoms with Crippen molar-refractivity contribution < 1.29 is 4.79 Å². The number of hydrogen-bond donors (Lipinski definition) is 0. The first-order chi connectivity index (χ1) is 8.34. The quantitative estimate of drug-likeness (QED) is 0.734. The van der Waals surface area contributed by atoms with Gasteiger partial charge in [-0.3, -0.25) is 4.79 Å². The van der Waals surface area contributed by atoms with Gasteiger partial charge in [-0.2, -0.15) is 0 Å². The number of rotatable bonds is 1. The Morgan fingerprint density at radius 3 is 2.65 bits per heavy atom. The lowest BCUT2D eigenvalue weighted by molar-refractivity contribution is -0.115. The van der Waals surface area contributed by atoms with E-state index in [1.54, 1.807) is 0 Å². The van der Waals surface area contributed by atoms with Gasteiger partial charge in [-0.25, -0.2) is 0 Å². The Bertz CT molecular complexity index is 461. The summed E-state index contributed by atoms with van der Waals surface area (Å²) in [5, 5.41) is 0.475. The van der Waals surface area contributed by atoms with E-state index in [9.17, 15) is 4.79 Å². The lowest BCUT2D eigenvalue weighted by atomic mass is 10.0. The van der Waals surface area contributed by atoms with Crippen molar-refractivity contribution in [3.8, 4) is 0 Å². The minimum atomic E-state index is 0.406. The van der Waals surface area contributed by atoms with Crippen LogP contribution in [0.5, 0.6) is 0 Å². The lowest BCUT2D eigenvalue weighted by Crippen LogP contribution is -2.01. The van der Waals surface area contributed by atoms with E-state index in [4.69, 9.17) is 0 Å². The molecule has 0 saturated heterocycles. The van der Waals surface area contributed by atoms with E-state index in [0.717, 1.165) is 31.3 Å². The van der Waals surface area contributed by atoms with Gasteiger partial charge in [0, 0.05) is 17.2 Å². The highest BCUT2D eigenvalue weighted by atomic mass is 32.2. The molecule has 2 heteroatoms. The molecule has 1 aromatic carbocycles. The highest BCUT2D eigenvalue weighted by molar-refractivity contribution is 8.03. The maximum absolute atomic E-state index is 12.0. The first kappa shape index (κ1) is 11.1. The summed E-state index contributed by atoms with van der Waals surface area (Å²) < 4.78 is 0. The molecule has 2 aliphatic rings. The van der Waals surface area contributed by atoms with E-state index in [1.807, 2.05) is 17.8 Å². The van der Waals surface area contributed by atoms with Gasteiger partial charge in [-0.15, -0.1) is 11.8 Å². The van der Waals surface area contributed by atoms with Gasteiger partial charge in [-0.1, -0.05) is 30.3 Å². The van der Waals surface area contributed by atoms with Gasteiger partial charge >= 0.3 is 0 Å². The second-order valence-electron chi connectivity index (χ2n) is 4.75. The van der Waals surface area contributed by atoms with Gasteiger partial charge in [0.15, 0.2) is 5.78 Å². The number of hydrogen-bond acceptors (Lipinski definition) is 2. The molecule has 1 nitrogen and oxygen atoms in total. The molecule has 1 unspecified atom stereocenters. The summed E-state index contributed by atoms with van der Waals surface area (Å²) in [5.74, 6) is 0.406. The molecule has 1 atom stereocenters. The lowest BCUT2D eigenvalue weighted by Gasteiger charge is -2.10. The topological polar surface area (TPSA) is 17.1 Å². The Hall–Kier alpha value is -1.02. The van der Waals surface area contributed by atoms with E-state index in [1.165, 1.54) is 16.9 Å². The summed E-state index contributed by atoms with van der Waals surface area (Å²) in [7, 11) is 0. The number of ketones is 1. The van der Waals surface area contributed by atoms with Crippen molar-refractivity contribution in [3.63, 3.8) is 0 Å². The van der Waals surface area contributed by atoms with Crippen molar-refractivity contribution in [2.24, 2.45) is 0 Å². The average Bonchev–Trinajstić information content (AvgIpc) is 2.72. The molecule has 0 amide bonds. The maximum Gasteiger partial charge on any atom is 0.159 e. The second-order valence-corrected chi connectivity index (χ2v) is 6.05. The normalized spacial score (nSPS) is 24.7. The average molecular weight is 244 g/mol. The predicted octanol–water partition coefficient (Wildman–Crippen LogP) is 4.26. The van der Waals surface area contributed by atoms with Crippen molar-refractivity contribution in [1.82, 2.24) is 0 Å². The van der Waals surface area contributed by atoms with Crippen LogP contribution in [-0.2, 0) is 4.79 Å². The molecule has 0 bridgehead atoms. The van der Waals surface area contributed by atoms with E-state index in [-0.39, 0.29) is 0 Å². The summed E-state index contributed by atoms with van der Waals surface area (Å²) in [4.78, 5) is 13.4. The summed E-state index contributed by atoms with van der Waals surface area (Å²) in [6.07, 6.45) is 5.08. The van der Waals surface area contributed by atoms with Crippen LogP contribution in [0.2, 0.25) is 0 Å². The Morgan fingerprint density at radius 2 is 1.82 bits per heavy atom. The van der Waals surface area contributed by atoms with Gasteiger partial charge in [0.2, 0.25) is 0 Å². The van der Waals surface area contributed by atoms with Crippen molar-refractivity contribution in [1.29, 1.82) is 0 Å². The monoisotopic (exact) mass is 244 g/mol. The molecule has 0 N–H and O–H groups in total. The highest BCUT2D eigenvalue weighted by Gasteiger charge is 2.30. The number of Topliss-reactive ketones (excluding diaryl/α,β-unsaturated/α-hetero) is 1. The Labute approximate surface area is 106 Å². The molecule has 0 radical (unpaired) electrons. The Balaban J connectivity index is 1.82. The zero-order chi connectivity index (χ0) is 11.7. The number of carbonyl (C=O) groups is 1. The molecule has 1 aliphatic carbocycles. The van der Waals surface area contributed by atoms with Gasteiger partial charge in [0.25, 0.3) is 0 Å². The Morgan fingerprint density at radius 1 is 1.06 bits per heavy atom. The number of benzene rings is 1. The van der Waals surface area contributed by atoms with E-state index >= 15 is 0 Å². The standard InChI is InChI=1S/C15H16OS/c16-13-8-4-5-9-14-12(13)10-15(17-14)11-6-2-1-3-7-11/h1-3,6-7,15H,4-5,8-10H2. The molecule has 88 valence electrons. The van der Waals surface area contributed by atoms with Crippen LogP contribution >= 0.6 is 11.8 Å². The van der Waals surface area contributed by atoms with Crippen LogP contribution in [0.1, 0.15) is 42.9 Å². The molecule has 1 heterocycles. The zero-order valence-corrected chi connectivity index (χ0v) is 10.6. The number of thioether (sulfide) groups is 1. The predicted molar refractivity (Wildman–Crippen MR) is 71.9 cm³/mol. The summed E-state index contributed by atoms with van der Waals surface area (Å²) in [6, 6.07) is 10.6.